The molecule has 0 saturated heterocycles. The molecule has 0 heterocycles. The molecule has 0 saturated carbocycles. The van der Waals surface area contributed by atoms with E-state index in [1.54, 1.807) is 24.3 Å². The molecule has 0 aliphatic carbocycles. The van der Waals surface area contributed by atoms with Crippen LogP contribution >= 0.6 is 0 Å². The first-order chi connectivity index (χ1) is 14.7. The molecule has 0 bridgehead atoms. The number of hydrogen-bond acceptors (Lipinski definition) is 8. The molecule has 2 atom stereocenters. The summed E-state index contributed by atoms with van der Waals surface area (Å²) in [5.74, 6) is -3.39. The predicted molar refractivity (Wildman–Crippen MR) is 118 cm³/mol. The smallest absolute Gasteiger partial charge is 0.378 e. The van der Waals surface area contributed by atoms with E-state index in [0.717, 1.165) is 11.1 Å². The first-order valence-corrected chi connectivity index (χ1v) is 10.3. The van der Waals surface area contributed by atoms with Gasteiger partial charge in [-0.15, -0.1) is 0 Å². The van der Waals surface area contributed by atoms with Crippen LogP contribution in [0.5, 0.6) is 11.5 Å². The van der Waals surface area contributed by atoms with Crippen molar-refractivity contribution in [1.82, 2.24) is 0 Å². The second-order valence-electron chi connectivity index (χ2n) is 9.77. The highest BCUT2D eigenvalue weighted by Gasteiger charge is 2.40. The third-order valence-corrected chi connectivity index (χ3v) is 4.66. The minimum Gasteiger partial charge on any atom is -0.436 e. The van der Waals surface area contributed by atoms with Gasteiger partial charge in [0.15, 0.2) is 0 Å². The maximum atomic E-state index is 9.48. The SMILES string of the molecule is CC(OO)(OOC(C)(OO)Oc1ccccc1C(C)(C)C)Oc1ccccc1C(C)(C)C. The van der Waals surface area contributed by atoms with Gasteiger partial charge in [-0.2, -0.15) is 19.6 Å². The van der Waals surface area contributed by atoms with Crippen molar-refractivity contribution < 1.29 is 39.5 Å². The Morgan fingerprint density at radius 2 is 0.844 bits per heavy atom. The second-order valence-corrected chi connectivity index (χ2v) is 9.77. The van der Waals surface area contributed by atoms with E-state index in [1.165, 1.54) is 13.8 Å². The van der Waals surface area contributed by atoms with Gasteiger partial charge in [0.1, 0.15) is 11.5 Å². The van der Waals surface area contributed by atoms with Crippen molar-refractivity contribution in [1.29, 1.82) is 0 Å². The normalized spacial score (nSPS) is 16.2. The lowest BCUT2D eigenvalue weighted by Crippen LogP contribution is -2.46. The fourth-order valence-corrected chi connectivity index (χ4v) is 3.00. The van der Waals surface area contributed by atoms with Crippen LogP contribution in [-0.2, 0) is 30.4 Å². The summed E-state index contributed by atoms with van der Waals surface area (Å²) in [7, 11) is 0. The Morgan fingerprint density at radius 1 is 0.531 bits per heavy atom. The van der Waals surface area contributed by atoms with Crippen LogP contribution in [-0.4, -0.2) is 22.5 Å². The van der Waals surface area contributed by atoms with Gasteiger partial charge in [0.25, 0.3) is 0 Å². The summed E-state index contributed by atoms with van der Waals surface area (Å²) >= 11 is 0. The van der Waals surface area contributed by atoms with Crippen LogP contribution < -0.4 is 9.47 Å². The fourth-order valence-electron chi connectivity index (χ4n) is 3.00. The topological polar surface area (TPSA) is 95.8 Å². The van der Waals surface area contributed by atoms with Crippen molar-refractivity contribution in [3.05, 3.63) is 59.7 Å². The lowest BCUT2D eigenvalue weighted by atomic mass is 9.86. The van der Waals surface area contributed by atoms with Crippen molar-refractivity contribution >= 4 is 0 Å². The molecule has 0 radical (unpaired) electrons. The average molecular weight is 451 g/mol. The molecule has 2 aromatic rings. The minimum absolute atomic E-state index is 0.254. The van der Waals surface area contributed by atoms with Crippen LogP contribution in [0.1, 0.15) is 66.5 Å². The van der Waals surface area contributed by atoms with E-state index < -0.39 is 11.9 Å². The molecule has 2 N–H and O–H groups in total. The number of para-hydroxylation sites is 2. The number of hydrogen-bond donors (Lipinski definition) is 2. The highest BCUT2D eigenvalue weighted by Crippen LogP contribution is 2.36. The molecule has 0 aromatic heterocycles. The van der Waals surface area contributed by atoms with Crippen LogP contribution in [0.25, 0.3) is 0 Å². The number of benzene rings is 2. The molecule has 178 valence electrons. The molecule has 0 fully saturated rings. The standard InChI is InChI=1S/C24H34O8/c1-21(2,3)17-13-9-11-15-19(17)27-23(7,29-25)31-32-24(8,30-26)28-20-16-12-10-14-18(20)22(4,5)6/h9-16,25-26H,1-8H3. The van der Waals surface area contributed by atoms with Gasteiger partial charge in [0, 0.05) is 13.8 Å². The molecule has 0 aliphatic rings. The Balaban J connectivity index is 2.22. The molecule has 0 aliphatic heterocycles. The fraction of sp³-hybridized carbons (Fsp3) is 0.500. The Kier molecular flexibility index (Phi) is 7.93. The molecule has 2 aromatic carbocycles. The third-order valence-electron chi connectivity index (χ3n) is 4.66. The van der Waals surface area contributed by atoms with Gasteiger partial charge in [-0.1, -0.05) is 77.9 Å². The molecular weight excluding hydrogens is 416 g/mol. The van der Waals surface area contributed by atoms with Gasteiger partial charge in [-0.25, -0.2) is 10.5 Å². The van der Waals surface area contributed by atoms with E-state index in [4.69, 9.17) is 19.2 Å². The van der Waals surface area contributed by atoms with Gasteiger partial charge in [-0.05, 0) is 34.1 Å². The van der Waals surface area contributed by atoms with E-state index in [1.807, 2.05) is 65.8 Å². The Labute approximate surface area is 189 Å². The van der Waals surface area contributed by atoms with Gasteiger partial charge in [0.2, 0.25) is 0 Å². The maximum Gasteiger partial charge on any atom is 0.378 e. The molecular formula is C24H34O8. The van der Waals surface area contributed by atoms with E-state index in [2.05, 4.69) is 9.78 Å². The number of rotatable bonds is 9. The van der Waals surface area contributed by atoms with Crippen molar-refractivity contribution in [2.45, 2.75) is 78.2 Å². The maximum absolute atomic E-state index is 9.48. The summed E-state index contributed by atoms with van der Waals surface area (Å²) in [6.07, 6.45) is 0. The van der Waals surface area contributed by atoms with Gasteiger partial charge < -0.3 is 9.47 Å². The zero-order chi connectivity index (χ0) is 24.2. The van der Waals surface area contributed by atoms with Crippen molar-refractivity contribution in [2.75, 3.05) is 0 Å². The van der Waals surface area contributed by atoms with E-state index in [-0.39, 0.29) is 10.8 Å². The molecule has 0 amide bonds. The largest absolute Gasteiger partial charge is 0.436 e. The molecule has 2 rings (SSSR count). The first-order valence-electron chi connectivity index (χ1n) is 10.3. The molecule has 0 spiro atoms. The highest BCUT2D eigenvalue weighted by atomic mass is 17.4. The van der Waals surface area contributed by atoms with Gasteiger partial charge in [-0.3, -0.25) is 0 Å². The summed E-state index contributed by atoms with van der Waals surface area (Å²) in [6, 6.07) is 14.5. The molecule has 8 nitrogen and oxygen atoms in total. The van der Waals surface area contributed by atoms with Crippen LogP contribution in [0.2, 0.25) is 0 Å². The van der Waals surface area contributed by atoms with E-state index in [0.29, 0.717) is 11.5 Å². The van der Waals surface area contributed by atoms with Crippen molar-refractivity contribution in [2.24, 2.45) is 0 Å². The Hall–Kier alpha value is -2.20. The summed E-state index contributed by atoms with van der Waals surface area (Å²) in [4.78, 5) is 19.2. The molecule has 2 unspecified atom stereocenters. The quantitative estimate of drug-likeness (QED) is 0.272. The van der Waals surface area contributed by atoms with Gasteiger partial charge >= 0.3 is 11.9 Å². The predicted octanol–water partition coefficient (Wildman–Crippen LogP) is 6.01. The van der Waals surface area contributed by atoms with Crippen LogP contribution in [0.4, 0.5) is 0 Å². The lowest BCUT2D eigenvalue weighted by Gasteiger charge is -2.33. The summed E-state index contributed by atoms with van der Waals surface area (Å²) in [5.41, 5.74) is 1.19. The molecule has 32 heavy (non-hydrogen) atoms. The van der Waals surface area contributed by atoms with Crippen molar-refractivity contribution in [3.8, 4) is 11.5 Å². The van der Waals surface area contributed by atoms with Crippen LogP contribution in [0, 0.1) is 0 Å². The van der Waals surface area contributed by atoms with E-state index >= 15 is 0 Å². The molecule has 8 heteroatoms. The van der Waals surface area contributed by atoms with Crippen molar-refractivity contribution in [3.63, 3.8) is 0 Å². The Bertz CT molecular complexity index is 813. The Morgan fingerprint density at radius 3 is 1.12 bits per heavy atom. The zero-order valence-electron chi connectivity index (χ0n) is 20.0. The lowest BCUT2D eigenvalue weighted by molar-refractivity contribution is -0.622. The zero-order valence-corrected chi connectivity index (χ0v) is 20.0. The summed E-state index contributed by atoms with van der Waals surface area (Å²) in [5, 5.41) is 19.0. The monoisotopic (exact) mass is 450 g/mol. The van der Waals surface area contributed by atoms with E-state index in [9.17, 15) is 10.5 Å². The summed E-state index contributed by atoms with van der Waals surface area (Å²) < 4.78 is 11.5. The number of ether oxygens (including phenoxy) is 2. The third kappa shape index (κ3) is 6.65. The van der Waals surface area contributed by atoms with Gasteiger partial charge in [0.05, 0.1) is 0 Å². The second kappa shape index (κ2) is 9.74. The first kappa shape index (κ1) is 26.1. The summed E-state index contributed by atoms with van der Waals surface area (Å²) in [6.45, 7) is 14.7. The van der Waals surface area contributed by atoms with Crippen LogP contribution in [0.15, 0.2) is 48.5 Å². The highest BCUT2D eigenvalue weighted by molar-refractivity contribution is 5.39. The average Bonchev–Trinajstić information content (AvgIpc) is 2.71. The van der Waals surface area contributed by atoms with Crippen LogP contribution in [0.3, 0.4) is 0 Å². The minimum atomic E-state index is -2.10.